The number of amides is 2. The van der Waals surface area contributed by atoms with Gasteiger partial charge in [0.05, 0.1) is 38.0 Å². The van der Waals surface area contributed by atoms with Crippen molar-refractivity contribution in [3.05, 3.63) is 59.8 Å². The van der Waals surface area contributed by atoms with E-state index in [-0.39, 0.29) is 36.8 Å². The molecular weight excluding hydrogens is 420 g/mol. The summed E-state index contributed by atoms with van der Waals surface area (Å²) in [6.07, 6.45) is 0.922. The van der Waals surface area contributed by atoms with Crippen LogP contribution in [0.4, 0.5) is 5.69 Å². The topological polar surface area (TPSA) is 77.1 Å². The van der Waals surface area contributed by atoms with E-state index in [4.69, 9.17) is 14.2 Å². The van der Waals surface area contributed by atoms with Gasteiger partial charge < -0.3 is 19.5 Å². The lowest BCUT2D eigenvalue weighted by Gasteiger charge is -2.16. The molecule has 7 heteroatoms. The Labute approximate surface area is 195 Å². The maximum Gasteiger partial charge on any atom is 0.278 e. The number of ether oxygens (including phenoxy) is 3. The molecule has 7 nitrogen and oxygen atoms in total. The Bertz CT molecular complexity index is 981. The molecular formula is C26H32N2O5. The van der Waals surface area contributed by atoms with E-state index in [2.05, 4.69) is 5.32 Å². The quantitative estimate of drug-likeness (QED) is 0.478. The van der Waals surface area contributed by atoms with Crippen molar-refractivity contribution in [1.82, 2.24) is 4.90 Å². The van der Waals surface area contributed by atoms with Crippen LogP contribution >= 0.6 is 0 Å². The van der Waals surface area contributed by atoms with E-state index in [0.717, 1.165) is 17.9 Å². The van der Waals surface area contributed by atoms with Crippen molar-refractivity contribution in [3.63, 3.8) is 0 Å². The van der Waals surface area contributed by atoms with Crippen LogP contribution in [0.25, 0.3) is 5.57 Å². The Morgan fingerprint density at radius 2 is 1.48 bits per heavy atom. The molecule has 176 valence electrons. The van der Waals surface area contributed by atoms with Gasteiger partial charge in [-0.15, -0.1) is 0 Å². The molecule has 0 spiro atoms. The van der Waals surface area contributed by atoms with E-state index in [1.165, 1.54) is 4.90 Å². The summed E-state index contributed by atoms with van der Waals surface area (Å²) >= 11 is 0. The average Bonchev–Trinajstić information content (AvgIpc) is 3.03. The molecule has 0 bridgehead atoms. The third kappa shape index (κ3) is 6.14. The van der Waals surface area contributed by atoms with Crippen molar-refractivity contribution >= 4 is 23.1 Å². The molecule has 33 heavy (non-hydrogen) atoms. The lowest BCUT2D eigenvalue weighted by molar-refractivity contribution is -0.137. The number of imide groups is 1. The predicted molar refractivity (Wildman–Crippen MR) is 128 cm³/mol. The monoisotopic (exact) mass is 452 g/mol. The average molecular weight is 453 g/mol. The van der Waals surface area contributed by atoms with Gasteiger partial charge in [0.1, 0.15) is 17.2 Å². The number of nitrogens with zero attached hydrogens (tertiary/aromatic N) is 1. The van der Waals surface area contributed by atoms with Crippen LogP contribution in [-0.2, 0) is 14.3 Å². The summed E-state index contributed by atoms with van der Waals surface area (Å²) in [6.45, 7) is 9.44. The normalized spacial score (nSPS) is 13.8. The highest BCUT2D eigenvalue weighted by atomic mass is 16.5. The molecule has 0 aromatic heterocycles. The van der Waals surface area contributed by atoms with E-state index in [0.29, 0.717) is 30.0 Å². The predicted octanol–water partition coefficient (Wildman–Crippen LogP) is 4.49. The van der Waals surface area contributed by atoms with Crippen LogP contribution in [0.1, 0.15) is 39.7 Å². The Hall–Kier alpha value is -3.32. The van der Waals surface area contributed by atoms with Gasteiger partial charge in [-0.3, -0.25) is 14.5 Å². The molecule has 1 N–H and O–H groups in total. The van der Waals surface area contributed by atoms with Gasteiger partial charge in [-0.1, -0.05) is 19.1 Å². The van der Waals surface area contributed by atoms with E-state index >= 15 is 0 Å². The Morgan fingerprint density at radius 1 is 0.848 bits per heavy atom. The fourth-order valence-electron chi connectivity index (χ4n) is 3.43. The molecule has 0 fully saturated rings. The number of rotatable bonds is 12. The number of carbonyl (C=O) groups excluding carboxylic acids is 2. The van der Waals surface area contributed by atoms with Gasteiger partial charge >= 0.3 is 0 Å². The zero-order valence-corrected chi connectivity index (χ0v) is 19.7. The molecule has 0 atom stereocenters. The maximum absolute atomic E-state index is 13.3. The lowest BCUT2D eigenvalue weighted by atomic mass is 10.0. The van der Waals surface area contributed by atoms with Gasteiger partial charge in [0.15, 0.2) is 0 Å². The molecule has 0 saturated carbocycles. The van der Waals surface area contributed by atoms with Crippen LogP contribution < -0.4 is 14.8 Å². The maximum atomic E-state index is 13.3. The van der Waals surface area contributed by atoms with E-state index in [9.17, 15) is 9.59 Å². The summed E-state index contributed by atoms with van der Waals surface area (Å²) in [6, 6.07) is 14.5. The van der Waals surface area contributed by atoms with Crippen molar-refractivity contribution in [2.75, 3.05) is 31.7 Å². The molecule has 3 rings (SSSR count). The minimum atomic E-state index is -0.373. The fourth-order valence-corrected chi connectivity index (χ4v) is 3.43. The SMILES string of the molecule is CCCOc1ccc(C2=C(Nc3ccc(OCC)cc3)C(=O)N(CCOC(C)C)C2=O)cc1. The Kier molecular flexibility index (Phi) is 8.49. The minimum Gasteiger partial charge on any atom is -0.494 e. The second kappa shape index (κ2) is 11.5. The van der Waals surface area contributed by atoms with Crippen molar-refractivity contribution in [1.29, 1.82) is 0 Å². The Morgan fingerprint density at radius 3 is 2.09 bits per heavy atom. The summed E-state index contributed by atoms with van der Waals surface area (Å²) in [5, 5.41) is 3.16. The van der Waals surface area contributed by atoms with Crippen LogP contribution in [0.15, 0.2) is 54.2 Å². The summed E-state index contributed by atoms with van der Waals surface area (Å²) in [5.74, 6) is 0.743. The van der Waals surface area contributed by atoms with Gasteiger partial charge in [0.25, 0.3) is 11.8 Å². The first-order valence-corrected chi connectivity index (χ1v) is 11.4. The molecule has 2 aromatic rings. The number of hydrogen-bond acceptors (Lipinski definition) is 6. The number of nitrogens with one attached hydrogen (secondary N) is 1. The molecule has 1 heterocycles. The summed E-state index contributed by atoms with van der Waals surface area (Å²) in [7, 11) is 0. The van der Waals surface area contributed by atoms with Crippen LogP contribution in [-0.4, -0.2) is 49.2 Å². The van der Waals surface area contributed by atoms with E-state index in [1.54, 1.807) is 12.1 Å². The second-order valence-corrected chi connectivity index (χ2v) is 7.89. The summed E-state index contributed by atoms with van der Waals surface area (Å²) < 4.78 is 16.7. The smallest absolute Gasteiger partial charge is 0.278 e. The van der Waals surface area contributed by atoms with Crippen molar-refractivity contribution in [2.45, 2.75) is 40.2 Å². The third-order valence-electron chi connectivity index (χ3n) is 4.98. The van der Waals surface area contributed by atoms with Crippen LogP contribution in [0.2, 0.25) is 0 Å². The molecule has 2 amide bonds. The van der Waals surface area contributed by atoms with Crippen LogP contribution in [0, 0.1) is 0 Å². The van der Waals surface area contributed by atoms with E-state index < -0.39 is 0 Å². The zero-order chi connectivity index (χ0) is 23.8. The zero-order valence-electron chi connectivity index (χ0n) is 19.7. The Balaban J connectivity index is 1.90. The van der Waals surface area contributed by atoms with Crippen molar-refractivity contribution in [2.24, 2.45) is 0 Å². The van der Waals surface area contributed by atoms with Gasteiger partial charge in [0, 0.05) is 5.69 Å². The number of hydrogen-bond donors (Lipinski definition) is 1. The number of carbonyl (C=O) groups is 2. The third-order valence-corrected chi connectivity index (χ3v) is 4.98. The second-order valence-electron chi connectivity index (χ2n) is 7.89. The van der Waals surface area contributed by atoms with E-state index in [1.807, 2.05) is 64.1 Å². The van der Waals surface area contributed by atoms with Crippen molar-refractivity contribution in [3.8, 4) is 11.5 Å². The van der Waals surface area contributed by atoms with Gasteiger partial charge in [-0.05, 0) is 69.2 Å². The first-order valence-electron chi connectivity index (χ1n) is 11.4. The molecule has 1 aliphatic heterocycles. The van der Waals surface area contributed by atoms with Gasteiger partial charge in [0.2, 0.25) is 0 Å². The number of benzene rings is 2. The molecule has 0 aliphatic carbocycles. The lowest BCUT2D eigenvalue weighted by Crippen LogP contribution is -2.35. The summed E-state index contributed by atoms with van der Waals surface area (Å²) in [5.41, 5.74) is 1.92. The first kappa shape index (κ1) is 24.3. The standard InChI is InChI=1S/C26H32N2O5/c1-5-16-33-22-11-7-19(8-12-22)23-24(27-20-9-13-21(14-10-20)31-6-2)26(30)28(25(23)29)15-17-32-18(3)4/h7-14,18,27H,5-6,15-17H2,1-4H3. The molecule has 0 saturated heterocycles. The van der Waals surface area contributed by atoms with Crippen molar-refractivity contribution < 1.29 is 23.8 Å². The highest BCUT2D eigenvalue weighted by Crippen LogP contribution is 2.31. The highest BCUT2D eigenvalue weighted by molar-refractivity contribution is 6.36. The van der Waals surface area contributed by atoms with Crippen LogP contribution in [0.3, 0.4) is 0 Å². The van der Waals surface area contributed by atoms with Gasteiger partial charge in [-0.2, -0.15) is 0 Å². The van der Waals surface area contributed by atoms with Gasteiger partial charge in [-0.25, -0.2) is 0 Å². The minimum absolute atomic E-state index is 0.0161. The fraction of sp³-hybridized carbons (Fsp3) is 0.385. The summed E-state index contributed by atoms with van der Waals surface area (Å²) in [4.78, 5) is 27.8. The molecule has 2 aromatic carbocycles. The first-order chi connectivity index (χ1) is 15.9. The largest absolute Gasteiger partial charge is 0.494 e. The highest BCUT2D eigenvalue weighted by Gasteiger charge is 2.39. The molecule has 0 radical (unpaired) electrons. The molecule has 1 aliphatic rings. The number of anilines is 1. The van der Waals surface area contributed by atoms with Crippen LogP contribution in [0.5, 0.6) is 11.5 Å². The molecule has 0 unspecified atom stereocenters.